The summed E-state index contributed by atoms with van der Waals surface area (Å²) < 4.78 is 0. The number of unbranched alkanes of at least 4 members (excludes halogenated alkanes) is 19. The first kappa shape index (κ1) is 26.5. The Hall–Kier alpha value is -1.56. The predicted molar refractivity (Wildman–Crippen MR) is 128 cm³/mol. The Morgan fingerprint density at radius 1 is 0.633 bits per heavy atom. The Bertz CT molecular complexity index is 543. The molecule has 0 radical (unpaired) electrons. The van der Waals surface area contributed by atoms with E-state index in [0.29, 0.717) is 5.69 Å². The summed E-state index contributed by atoms with van der Waals surface area (Å²) in [7, 11) is 0. The van der Waals surface area contributed by atoms with Crippen LogP contribution in [0.25, 0.3) is 0 Å². The van der Waals surface area contributed by atoms with Crippen LogP contribution in [-0.4, -0.2) is 11.3 Å². The van der Waals surface area contributed by atoms with Crippen LogP contribution in [-0.2, 0) is 6.42 Å². The maximum atomic E-state index is 10.6. The maximum absolute atomic E-state index is 10.6. The summed E-state index contributed by atoms with van der Waals surface area (Å²) in [4.78, 5) is 13.8. The van der Waals surface area contributed by atoms with Gasteiger partial charge in [0.15, 0.2) is 6.29 Å². The molecule has 0 aromatic carbocycles. The van der Waals surface area contributed by atoms with Crippen LogP contribution in [0.3, 0.4) is 0 Å². The summed E-state index contributed by atoms with van der Waals surface area (Å²) in [6.07, 6.45) is 28.5. The number of H-pyrrole nitrogens is 1. The zero-order chi connectivity index (χ0) is 21.5. The van der Waals surface area contributed by atoms with Crippen molar-refractivity contribution in [3.8, 4) is 6.07 Å². The van der Waals surface area contributed by atoms with Gasteiger partial charge in [0.05, 0.1) is 11.8 Å². The fourth-order valence-electron chi connectivity index (χ4n) is 4.20. The van der Waals surface area contributed by atoms with E-state index in [2.05, 4.69) is 11.1 Å². The lowest BCUT2D eigenvalue weighted by molar-refractivity contribution is 0.111. The second kappa shape index (κ2) is 20.7. The summed E-state index contributed by atoms with van der Waals surface area (Å²) in [5.41, 5.74) is 1.89. The molecule has 0 unspecified atom stereocenters. The second-order valence-corrected chi connectivity index (χ2v) is 8.93. The molecule has 1 aromatic heterocycles. The number of carbonyl (C=O) groups is 1. The highest BCUT2D eigenvalue weighted by atomic mass is 16.1. The van der Waals surface area contributed by atoms with Gasteiger partial charge in [-0.2, -0.15) is 5.26 Å². The van der Waals surface area contributed by atoms with Gasteiger partial charge in [-0.05, 0) is 31.4 Å². The molecule has 0 amide bonds. The van der Waals surface area contributed by atoms with Crippen molar-refractivity contribution >= 4 is 6.29 Å². The van der Waals surface area contributed by atoms with E-state index in [1.165, 1.54) is 121 Å². The molecule has 0 aliphatic rings. The first-order chi connectivity index (χ1) is 14.9. The van der Waals surface area contributed by atoms with Crippen LogP contribution in [0.1, 0.15) is 145 Å². The molecule has 0 saturated heterocycles. The van der Waals surface area contributed by atoms with Crippen molar-refractivity contribution in [2.45, 2.75) is 135 Å². The van der Waals surface area contributed by atoms with E-state index in [1.807, 2.05) is 12.1 Å². The van der Waals surface area contributed by atoms with Crippen LogP contribution in [0.2, 0.25) is 0 Å². The third kappa shape index (κ3) is 16.3. The van der Waals surface area contributed by atoms with Gasteiger partial charge in [0.25, 0.3) is 0 Å². The van der Waals surface area contributed by atoms with Crippen molar-refractivity contribution in [2.75, 3.05) is 0 Å². The molecule has 1 aromatic rings. The number of aromatic amines is 1. The van der Waals surface area contributed by atoms with Crippen LogP contribution in [0.4, 0.5) is 0 Å². The minimum absolute atomic E-state index is 0.695. The molecule has 0 spiro atoms. The van der Waals surface area contributed by atoms with Crippen molar-refractivity contribution < 1.29 is 4.79 Å². The lowest BCUT2D eigenvalue weighted by Crippen LogP contribution is -1.88. The number of aldehydes is 1. The molecule has 0 bridgehead atoms. The van der Waals surface area contributed by atoms with E-state index in [1.54, 1.807) is 0 Å². The number of aryl methyl sites for hydroxylation is 1. The van der Waals surface area contributed by atoms with Gasteiger partial charge >= 0.3 is 0 Å². The van der Waals surface area contributed by atoms with Gasteiger partial charge in [-0.1, -0.05) is 109 Å². The monoisotopic (exact) mass is 414 g/mol. The maximum Gasteiger partial charge on any atom is 0.166 e. The van der Waals surface area contributed by atoms with Crippen LogP contribution >= 0.6 is 0 Å². The summed E-state index contributed by atoms with van der Waals surface area (Å²) >= 11 is 0. The summed E-state index contributed by atoms with van der Waals surface area (Å²) in [6.45, 7) is 0. The molecule has 0 saturated carbocycles. The fourth-order valence-corrected chi connectivity index (χ4v) is 4.20. The Kier molecular flexibility index (Phi) is 18.3. The Labute approximate surface area is 186 Å². The second-order valence-electron chi connectivity index (χ2n) is 8.93. The molecular formula is C27H46N2O. The average molecular weight is 415 g/mol. The average Bonchev–Trinajstić information content (AvgIpc) is 3.23. The highest BCUT2D eigenvalue weighted by Gasteiger charge is 1.98. The van der Waals surface area contributed by atoms with E-state index in [4.69, 9.17) is 5.26 Å². The number of rotatable bonds is 22. The Balaban J connectivity index is 1.69. The number of hydrogen-bond donors (Lipinski definition) is 1. The third-order valence-corrected chi connectivity index (χ3v) is 6.13. The number of nitrogens with one attached hydrogen (secondary N) is 1. The van der Waals surface area contributed by atoms with Gasteiger partial charge in [0.1, 0.15) is 0 Å². The predicted octanol–water partition coefficient (Wildman–Crippen LogP) is 8.70. The number of hydrogen-bond acceptors (Lipinski definition) is 2. The normalized spacial score (nSPS) is 10.9. The SMILES string of the molecule is N#CCCCCCCCCCCCCCCCCCCCCCc1ccc(C=O)[nH]1. The molecule has 0 fully saturated rings. The molecule has 3 nitrogen and oxygen atoms in total. The summed E-state index contributed by atoms with van der Waals surface area (Å²) in [5.74, 6) is 0. The Morgan fingerprint density at radius 3 is 1.40 bits per heavy atom. The topological polar surface area (TPSA) is 56.6 Å². The number of carbonyl (C=O) groups excluding carboxylic acids is 1. The van der Waals surface area contributed by atoms with Gasteiger partial charge in [-0.15, -0.1) is 0 Å². The fraction of sp³-hybridized carbons (Fsp3) is 0.778. The molecule has 30 heavy (non-hydrogen) atoms. The highest BCUT2D eigenvalue weighted by Crippen LogP contribution is 2.15. The van der Waals surface area contributed by atoms with Crippen LogP contribution in [0.15, 0.2) is 12.1 Å². The molecule has 1 N–H and O–H groups in total. The molecule has 0 atom stereocenters. The first-order valence-electron chi connectivity index (χ1n) is 12.9. The molecular weight excluding hydrogens is 368 g/mol. The molecule has 0 aliphatic carbocycles. The van der Waals surface area contributed by atoms with Gasteiger partial charge in [-0.25, -0.2) is 0 Å². The van der Waals surface area contributed by atoms with Gasteiger partial charge < -0.3 is 4.98 Å². The van der Waals surface area contributed by atoms with Crippen LogP contribution in [0.5, 0.6) is 0 Å². The smallest absolute Gasteiger partial charge is 0.166 e. The van der Waals surface area contributed by atoms with E-state index >= 15 is 0 Å². The van der Waals surface area contributed by atoms with Crippen LogP contribution < -0.4 is 0 Å². The van der Waals surface area contributed by atoms with Crippen molar-refractivity contribution in [3.63, 3.8) is 0 Å². The lowest BCUT2D eigenvalue weighted by Gasteiger charge is -2.04. The highest BCUT2D eigenvalue weighted by molar-refractivity contribution is 5.71. The van der Waals surface area contributed by atoms with Crippen molar-refractivity contribution in [1.82, 2.24) is 4.98 Å². The molecule has 1 rings (SSSR count). The quantitative estimate of drug-likeness (QED) is 0.152. The van der Waals surface area contributed by atoms with Gasteiger partial charge in [0, 0.05) is 12.1 Å². The Morgan fingerprint density at radius 2 is 1.03 bits per heavy atom. The zero-order valence-corrected chi connectivity index (χ0v) is 19.4. The third-order valence-electron chi connectivity index (χ3n) is 6.13. The van der Waals surface area contributed by atoms with Crippen molar-refractivity contribution in [2.24, 2.45) is 0 Å². The van der Waals surface area contributed by atoms with Gasteiger partial charge in [0.2, 0.25) is 0 Å². The number of nitrogens with zero attached hydrogens (tertiary/aromatic N) is 1. The van der Waals surface area contributed by atoms with E-state index < -0.39 is 0 Å². The van der Waals surface area contributed by atoms with E-state index in [-0.39, 0.29) is 0 Å². The van der Waals surface area contributed by atoms with Crippen LogP contribution in [0, 0.1) is 11.3 Å². The minimum Gasteiger partial charge on any atom is -0.356 e. The summed E-state index contributed by atoms with van der Waals surface area (Å²) in [5, 5.41) is 8.50. The standard InChI is InChI=1S/C27H46N2O/c28-24-20-18-16-14-12-10-8-6-4-2-1-3-5-7-9-11-13-15-17-19-21-26-22-23-27(25-30)29-26/h22-23,25,29H,1-21H2. The largest absolute Gasteiger partial charge is 0.356 e. The molecule has 3 heteroatoms. The molecule has 0 aliphatic heterocycles. The first-order valence-corrected chi connectivity index (χ1v) is 12.9. The van der Waals surface area contributed by atoms with E-state index in [9.17, 15) is 4.79 Å². The van der Waals surface area contributed by atoms with Crippen molar-refractivity contribution in [3.05, 3.63) is 23.5 Å². The summed E-state index contributed by atoms with van der Waals surface area (Å²) in [6, 6.07) is 6.13. The number of aromatic nitrogens is 1. The van der Waals surface area contributed by atoms with E-state index in [0.717, 1.165) is 25.5 Å². The molecule has 1 heterocycles. The molecule has 170 valence electrons. The minimum atomic E-state index is 0.695. The number of nitriles is 1. The lowest BCUT2D eigenvalue weighted by atomic mass is 10.0. The van der Waals surface area contributed by atoms with Gasteiger partial charge in [-0.3, -0.25) is 4.79 Å². The zero-order valence-electron chi connectivity index (χ0n) is 19.4. The van der Waals surface area contributed by atoms with Crippen molar-refractivity contribution in [1.29, 1.82) is 5.26 Å².